The number of carbonyl (C=O) groups excluding carboxylic acids is 1. The highest BCUT2D eigenvalue weighted by Crippen LogP contribution is 2.12. The SMILES string of the molecule is CN(C)c1ncccc1/C=N/CC(=O)OC(C)(C)C. The Morgan fingerprint density at radius 2 is 2.16 bits per heavy atom. The molecular formula is C14H21N3O2. The molecule has 0 saturated heterocycles. The Hall–Kier alpha value is -1.91. The summed E-state index contributed by atoms with van der Waals surface area (Å²) in [5.41, 5.74) is 0.395. The van der Waals surface area contributed by atoms with Gasteiger partial charge in [0.2, 0.25) is 0 Å². The molecule has 0 aliphatic rings. The van der Waals surface area contributed by atoms with Crippen molar-refractivity contribution < 1.29 is 9.53 Å². The number of carbonyl (C=O) groups is 1. The van der Waals surface area contributed by atoms with Crippen LogP contribution in [-0.2, 0) is 9.53 Å². The molecule has 0 spiro atoms. The first-order valence-corrected chi connectivity index (χ1v) is 6.13. The monoisotopic (exact) mass is 263 g/mol. The summed E-state index contributed by atoms with van der Waals surface area (Å²) in [5, 5.41) is 0. The number of aliphatic imine (C=N–C) groups is 1. The van der Waals surface area contributed by atoms with E-state index in [4.69, 9.17) is 4.74 Å². The molecular weight excluding hydrogens is 242 g/mol. The number of nitrogens with zero attached hydrogens (tertiary/aromatic N) is 3. The molecule has 0 amide bonds. The average Bonchev–Trinajstić information content (AvgIpc) is 2.27. The van der Waals surface area contributed by atoms with Crippen molar-refractivity contribution in [3.8, 4) is 0 Å². The zero-order valence-corrected chi connectivity index (χ0v) is 12.2. The minimum atomic E-state index is -0.476. The summed E-state index contributed by atoms with van der Waals surface area (Å²) in [6, 6.07) is 3.74. The highest BCUT2D eigenvalue weighted by atomic mass is 16.6. The van der Waals surface area contributed by atoms with Crippen LogP contribution in [0.1, 0.15) is 26.3 Å². The molecule has 104 valence electrons. The number of hydrogen-bond acceptors (Lipinski definition) is 5. The predicted molar refractivity (Wildman–Crippen MR) is 76.9 cm³/mol. The Balaban J connectivity index is 2.65. The number of esters is 1. The summed E-state index contributed by atoms with van der Waals surface area (Å²) in [6.07, 6.45) is 3.37. The van der Waals surface area contributed by atoms with Gasteiger partial charge in [-0.2, -0.15) is 0 Å². The van der Waals surface area contributed by atoms with Gasteiger partial charge in [-0.25, -0.2) is 4.98 Å². The summed E-state index contributed by atoms with van der Waals surface area (Å²) < 4.78 is 5.17. The molecule has 1 rings (SSSR count). The largest absolute Gasteiger partial charge is 0.459 e. The summed E-state index contributed by atoms with van der Waals surface area (Å²) in [5.74, 6) is 0.481. The molecule has 19 heavy (non-hydrogen) atoms. The van der Waals surface area contributed by atoms with E-state index in [-0.39, 0.29) is 12.5 Å². The fraction of sp³-hybridized carbons (Fsp3) is 0.500. The average molecular weight is 263 g/mol. The molecule has 0 saturated carbocycles. The van der Waals surface area contributed by atoms with Gasteiger partial charge in [-0.1, -0.05) is 0 Å². The number of aromatic nitrogens is 1. The van der Waals surface area contributed by atoms with Crippen molar-refractivity contribution >= 4 is 18.0 Å². The first-order chi connectivity index (χ1) is 8.79. The Labute approximate surface area is 114 Å². The summed E-state index contributed by atoms with van der Waals surface area (Å²) >= 11 is 0. The van der Waals surface area contributed by atoms with Gasteiger partial charge >= 0.3 is 5.97 Å². The standard InChI is InChI=1S/C14H21N3O2/c1-14(2,3)19-12(18)10-15-9-11-7-6-8-16-13(11)17(4)5/h6-9H,10H2,1-5H3/b15-9+. The van der Waals surface area contributed by atoms with Crippen LogP contribution < -0.4 is 4.90 Å². The summed E-state index contributed by atoms with van der Waals surface area (Å²) in [4.78, 5) is 21.8. The lowest BCUT2D eigenvalue weighted by Gasteiger charge is -2.18. The molecule has 0 aromatic carbocycles. The van der Waals surface area contributed by atoms with Gasteiger partial charge in [0.25, 0.3) is 0 Å². The normalized spacial score (nSPS) is 11.6. The van der Waals surface area contributed by atoms with E-state index in [1.54, 1.807) is 12.4 Å². The summed E-state index contributed by atoms with van der Waals surface area (Å²) in [6.45, 7) is 5.51. The van der Waals surface area contributed by atoms with Gasteiger partial charge in [-0.05, 0) is 32.9 Å². The highest BCUT2D eigenvalue weighted by molar-refractivity contribution is 5.87. The molecule has 0 unspecified atom stereocenters. The number of anilines is 1. The Morgan fingerprint density at radius 3 is 2.74 bits per heavy atom. The van der Waals surface area contributed by atoms with Crippen LogP contribution in [0, 0.1) is 0 Å². The van der Waals surface area contributed by atoms with E-state index in [1.165, 1.54) is 0 Å². The number of rotatable bonds is 4. The zero-order valence-electron chi connectivity index (χ0n) is 12.2. The maximum absolute atomic E-state index is 11.5. The van der Waals surface area contributed by atoms with Crippen molar-refractivity contribution in [2.45, 2.75) is 26.4 Å². The molecule has 1 aromatic heterocycles. The molecule has 5 nitrogen and oxygen atoms in total. The van der Waals surface area contributed by atoms with E-state index in [0.717, 1.165) is 11.4 Å². The van der Waals surface area contributed by atoms with Crippen LogP contribution in [0.5, 0.6) is 0 Å². The maximum Gasteiger partial charge on any atom is 0.328 e. The summed E-state index contributed by atoms with van der Waals surface area (Å²) in [7, 11) is 3.82. The Kier molecular flexibility index (Phi) is 5.03. The molecule has 0 radical (unpaired) electrons. The second kappa shape index (κ2) is 6.31. The lowest BCUT2D eigenvalue weighted by atomic mass is 10.2. The van der Waals surface area contributed by atoms with Gasteiger partial charge in [0, 0.05) is 32.1 Å². The molecule has 0 aliphatic heterocycles. The lowest BCUT2D eigenvalue weighted by Crippen LogP contribution is -2.25. The molecule has 1 aromatic rings. The van der Waals surface area contributed by atoms with Crippen LogP contribution in [-0.4, -0.2) is 43.4 Å². The third-order valence-corrected chi connectivity index (χ3v) is 2.11. The third-order valence-electron chi connectivity index (χ3n) is 2.11. The second-order valence-electron chi connectivity index (χ2n) is 5.37. The Morgan fingerprint density at radius 1 is 1.47 bits per heavy atom. The van der Waals surface area contributed by atoms with Gasteiger partial charge in [-0.3, -0.25) is 9.79 Å². The minimum absolute atomic E-state index is 0.0129. The molecule has 0 bridgehead atoms. The van der Waals surface area contributed by atoms with Crippen molar-refractivity contribution in [3.63, 3.8) is 0 Å². The van der Waals surface area contributed by atoms with Gasteiger partial charge in [0.1, 0.15) is 18.0 Å². The second-order valence-corrected chi connectivity index (χ2v) is 5.37. The van der Waals surface area contributed by atoms with Crippen LogP contribution in [0.3, 0.4) is 0 Å². The number of hydrogen-bond donors (Lipinski definition) is 0. The van der Waals surface area contributed by atoms with E-state index >= 15 is 0 Å². The van der Waals surface area contributed by atoms with Gasteiger partial charge in [-0.15, -0.1) is 0 Å². The lowest BCUT2D eigenvalue weighted by molar-refractivity contribution is -0.152. The van der Waals surface area contributed by atoms with E-state index in [0.29, 0.717) is 0 Å². The van der Waals surface area contributed by atoms with Crippen LogP contribution in [0.25, 0.3) is 0 Å². The van der Waals surface area contributed by atoms with Crippen LogP contribution in [0.4, 0.5) is 5.82 Å². The van der Waals surface area contributed by atoms with Crippen molar-refractivity contribution in [1.29, 1.82) is 0 Å². The molecule has 0 atom stereocenters. The quantitative estimate of drug-likeness (QED) is 0.615. The smallest absolute Gasteiger partial charge is 0.328 e. The highest BCUT2D eigenvalue weighted by Gasteiger charge is 2.15. The van der Waals surface area contributed by atoms with Crippen molar-refractivity contribution in [2.24, 2.45) is 4.99 Å². The van der Waals surface area contributed by atoms with Crippen LogP contribution in [0.15, 0.2) is 23.3 Å². The van der Waals surface area contributed by atoms with E-state index < -0.39 is 5.60 Å². The van der Waals surface area contributed by atoms with Gasteiger partial charge in [0.05, 0.1) is 0 Å². The molecule has 5 heteroatoms. The zero-order chi connectivity index (χ0) is 14.5. The minimum Gasteiger partial charge on any atom is -0.459 e. The van der Waals surface area contributed by atoms with Crippen molar-refractivity contribution in [1.82, 2.24) is 4.98 Å². The molecule has 1 heterocycles. The van der Waals surface area contributed by atoms with E-state index in [1.807, 2.05) is 51.9 Å². The first kappa shape index (κ1) is 15.1. The maximum atomic E-state index is 11.5. The van der Waals surface area contributed by atoms with Crippen molar-refractivity contribution in [3.05, 3.63) is 23.9 Å². The first-order valence-electron chi connectivity index (χ1n) is 6.13. The number of ether oxygens (including phenoxy) is 1. The Bertz CT molecular complexity index is 462. The van der Waals surface area contributed by atoms with E-state index in [9.17, 15) is 4.79 Å². The van der Waals surface area contributed by atoms with Crippen LogP contribution in [0.2, 0.25) is 0 Å². The molecule has 0 fully saturated rings. The van der Waals surface area contributed by atoms with E-state index in [2.05, 4.69) is 9.98 Å². The number of pyridine rings is 1. The van der Waals surface area contributed by atoms with Gasteiger partial charge in [0.15, 0.2) is 0 Å². The molecule has 0 N–H and O–H groups in total. The fourth-order valence-corrected chi connectivity index (χ4v) is 1.48. The fourth-order valence-electron chi connectivity index (χ4n) is 1.48. The third kappa shape index (κ3) is 5.50. The van der Waals surface area contributed by atoms with Crippen molar-refractivity contribution in [2.75, 3.05) is 25.5 Å². The topological polar surface area (TPSA) is 54.8 Å². The van der Waals surface area contributed by atoms with Crippen LogP contribution >= 0.6 is 0 Å². The van der Waals surface area contributed by atoms with Gasteiger partial charge < -0.3 is 9.64 Å². The predicted octanol–water partition coefficient (Wildman–Crippen LogP) is 1.91. The molecule has 0 aliphatic carbocycles.